The molecule has 1 spiro atoms. The van der Waals surface area contributed by atoms with Gasteiger partial charge in [-0.2, -0.15) is 4.68 Å². The minimum absolute atomic E-state index is 0.187. The summed E-state index contributed by atoms with van der Waals surface area (Å²) in [6.07, 6.45) is 5.48. The Morgan fingerprint density at radius 2 is 1.91 bits per heavy atom. The van der Waals surface area contributed by atoms with Crippen LogP contribution in [0.2, 0.25) is 0 Å². The van der Waals surface area contributed by atoms with Crippen molar-refractivity contribution < 1.29 is 14.3 Å². The summed E-state index contributed by atoms with van der Waals surface area (Å²) in [5.41, 5.74) is 4.81. The van der Waals surface area contributed by atoms with E-state index >= 15 is 0 Å². The third-order valence-corrected chi connectivity index (χ3v) is 7.97. The number of esters is 1. The number of tetrazole rings is 1. The summed E-state index contributed by atoms with van der Waals surface area (Å²) in [5, 5.41) is 12.0. The van der Waals surface area contributed by atoms with E-state index in [1.54, 1.807) is 6.92 Å². The number of carbonyl (C=O) groups excluding carboxylic acids is 2. The number of ether oxygens (including phenoxy) is 1. The number of hydrogen-bond donors (Lipinski definition) is 0. The second-order valence-corrected chi connectivity index (χ2v) is 9.70. The average Bonchev–Trinajstić information content (AvgIpc) is 3.53. The van der Waals surface area contributed by atoms with Gasteiger partial charge in [0.2, 0.25) is 5.91 Å². The molecule has 0 unspecified atom stereocenters. The maximum absolute atomic E-state index is 13.3. The van der Waals surface area contributed by atoms with Gasteiger partial charge in [-0.15, -0.1) is 5.10 Å². The fraction of sp³-hybridized carbons (Fsp3) is 0.542. The van der Waals surface area contributed by atoms with E-state index in [9.17, 15) is 9.59 Å². The molecule has 0 saturated carbocycles. The van der Waals surface area contributed by atoms with Crippen LogP contribution >= 0.6 is 0 Å². The molecule has 0 aliphatic carbocycles. The maximum atomic E-state index is 13.3. The molecule has 172 valence electrons. The van der Waals surface area contributed by atoms with Crippen molar-refractivity contribution in [2.24, 2.45) is 5.41 Å². The highest BCUT2D eigenvalue weighted by atomic mass is 16.5. The zero-order chi connectivity index (χ0) is 22.6. The monoisotopic (exact) mass is 448 g/mol. The number of likely N-dealkylation sites (tertiary alicyclic amines) is 2. The Labute approximate surface area is 192 Å². The standard InChI is InChI=1S/C24H28N6O3/c1-16-20(15-33-22(16)31)29-13-9-24(23(29)32)7-11-28(12-8-24)10-6-17-2-4-19-18(14-17)3-5-21-25-26-27-30(19)21/h2,4,14H,3,5-13,15H2,1H3. The SMILES string of the molecule is CC1=C(N2CCC3(CCN(CCc4ccc5c(c4)CCc4nnnn4-5)CC3)C2=O)COC1=O. The molecule has 2 aromatic rings. The summed E-state index contributed by atoms with van der Waals surface area (Å²) < 4.78 is 6.97. The number of piperidine rings is 1. The van der Waals surface area contributed by atoms with Gasteiger partial charge in [0, 0.05) is 19.5 Å². The quantitative estimate of drug-likeness (QED) is 0.654. The van der Waals surface area contributed by atoms with Gasteiger partial charge in [-0.1, -0.05) is 12.1 Å². The summed E-state index contributed by atoms with van der Waals surface area (Å²) in [5.74, 6) is 0.816. The molecule has 1 amide bonds. The van der Waals surface area contributed by atoms with Crippen LogP contribution in [-0.2, 0) is 33.6 Å². The van der Waals surface area contributed by atoms with Crippen molar-refractivity contribution in [3.8, 4) is 5.69 Å². The Bertz CT molecular complexity index is 1160. The second kappa shape index (κ2) is 7.76. The van der Waals surface area contributed by atoms with Crippen LogP contribution in [0.15, 0.2) is 29.5 Å². The molecule has 9 heteroatoms. The number of carbonyl (C=O) groups is 2. The maximum Gasteiger partial charge on any atom is 0.336 e. The Morgan fingerprint density at radius 1 is 1.09 bits per heavy atom. The van der Waals surface area contributed by atoms with Crippen molar-refractivity contribution in [1.82, 2.24) is 30.0 Å². The molecule has 1 aromatic carbocycles. The van der Waals surface area contributed by atoms with Gasteiger partial charge in [0.25, 0.3) is 0 Å². The van der Waals surface area contributed by atoms with Crippen LogP contribution < -0.4 is 0 Å². The van der Waals surface area contributed by atoms with Gasteiger partial charge in [0.05, 0.1) is 22.4 Å². The lowest BCUT2D eigenvalue weighted by atomic mass is 9.77. The lowest BCUT2D eigenvalue weighted by Crippen LogP contribution is -2.45. The summed E-state index contributed by atoms with van der Waals surface area (Å²) >= 11 is 0. The lowest BCUT2D eigenvalue weighted by molar-refractivity contribution is -0.138. The van der Waals surface area contributed by atoms with Gasteiger partial charge in [-0.25, -0.2) is 4.79 Å². The first-order valence-corrected chi connectivity index (χ1v) is 11.8. The first-order valence-electron chi connectivity index (χ1n) is 11.8. The van der Waals surface area contributed by atoms with Crippen LogP contribution in [0, 0.1) is 5.41 Å². The van der Waals surface area contributed by atoms with Gasteiger partial charge in [0.1, 0.15) is 6.61 Å². The number of rotatable bonds is 4. The number of benzene rings is 1. The van der Waals surface area contributed by atoms with Gasteiger partial charge in [-0.3, -0.25) is 4.79 Å². The molecular formula is C24H28N6O3. The van der Waals surface area contributed by atoms with Crippen LogP contribution in [0.5, 0.6) is 0 Å². The Balaban J connectivity index is 1.06. The number of aromatic nitrogens is 4. The van der Waals surface area contributed by atoms with E-state index < -0.39 is 0 Å². The van der Waals surface area contributed by atoms with E-state index in [4.69, 9.17) is 4.74 Å². The number of nitrogens with zero attached hydrogens (tertiary/aromatic N) is 6. The predicted molar refractivity (Wildman–Crippen MR) is 118 cm³/mol. The lowest BCUT2D eigenvalue weighted by Gasteiger charge is -2.38. The minimum Gasteiger partial charge on any atom is -0.456 e. The first-order chi connectivity index (χ1) is 16.0. The molecule has 9 nitrogen and oxygen atoms in total. The molecule has 33 heavy (non-hydrogen) atoms. The van der Waals surface area contributed by atoms with Crippen molar-refractivity contribution in [3.63, 3.8) is 0 Å². The van der Waals surface area contributed by atoms with Crippen LogP contribution in [0.1, 0.15) is 43.1 Å². The fourth-order valence-corrected chi connectivity index (χ4v) is 5.78. The van der Waals surface area contributed by atoms with Crippen molar-refractivity contribution >= 4 is 11.9 Å². The fourth-order valence-electron chi connectivity index (χ4n) is 5.78. The van der Waals surface area contributed by atoms with Crippen LogP contribution in [0.25, 0.3) is 5.69 Å². The molecule has 1 aromatic heterocycles. The molecule has 2 fully saturated rings. The summed E-state index contributed by atoms with van der Waals surface area (Å²) in [4.78, 5) is 29.3. The number of fused-ring (bicyclic) bond motifs is 3. The third kappa shape index (κ3) is 3.37. The molecule has 0 atom stereocenters. The average molecular weight is 449 g/mol. The predicted octanol–water partition coefficient (Wildman–Crippen LogP) is 1.45. The highest BCUT2D eigenvalue weighted by Crippen LogP contribution is 2.43. The smallest absolute Gasteiger partial charge is 0.336 e. The molecule has 6 rings (SSSR count). The number of amides is 1. The van der Waals surface area contributed by atoms with E-state index in [0.29, 0.717) is 12.1 Å². The van der Waals surface area contributed by atoms with Gasteiger partial charge in [0.15, 0.2) is 5.82 Å². The van der Waals surface area contributed by atoms with Crippen molar-refractivity contribution in [2.75, 3.05) is 32.8 Å². The van der Waals surface area contributed by atoms with Crippen LogP contribution in [0.3, 0.4) is 0 Å². The molecular weight excluding hydrogens is 420 g/mol. The second-order valence-electron chi connectivity index (χ2n) is 9.70. The highest BCUT2D eigenvalue weighted by Gasteiger charge is 2.49. The Kier molecular flexibility index (Phi) is 4.83. The number of hydrogen-bond acceptors (Lipinski definition) is 7. The van der Waals surface area contributed by atoms with E-state index in [1.807, 2.05) is 9.58 Å². The third-order valence-electron chi connectivity index (χ3n) is 7.97. The van der Waals surface area contributed by atoms with Gasteiger partial charge < -0.3 is 14.5 Å². The van der Waals surface area contributed by atoms with E-state index in [1.165, 1.54) is 11.1 Å². The number of aryl methyl sites for hydroxylation is 2. The molecule has 2 saturated heterocycles. The summed E-state index contributed by atoms with van der Waals surface area (Å²) in [7, 11) is 0. The van der Waals surface area contributed by atoms with Gasteiger partial charge in [-0.05, 0) is 79.7 Å². The molecule has 0 N–H and O–H groups in total. The van der Waals surface area contributed by atoms with E-state index in [-0.39, 0.29) is 23.9 Å². The minimum atomic E-state index is -0.297. The molecule has 4 aliphatic rings. The highest BCUT2D eigenvalue weighted by molar-refractivity contribution is 5.94. The topological polar surface area (TPSA) is 93.5 Å². The molecule has 5 heterocycles. The Morgan fingerprint density at radius 3 is 2.70 bits per heavy atom. The molecule has 0 bridgehead atoms. The zero-order valence-corrected chi connectivity index (χ0v) is 18.9. The largest absolute Gasteiger partial charge is 0.456 e. The van der Waals surface area contributed by atoms with E-state index in [0.717, 1.165) is 75.4 Å². The Hall–Kier alpha value is -3.07. The zero-order valence-electron chi connectivity index (χ0n) is 18.9. The first kappa shape index (κ1) is 20.5. The molecule has 0 radical (unpaired) electrons. The van der Waals surface area contributed by atoms with Crippen molar-refractivity contribution in [3.05, 3.63) is 46.4 Å². The van der Waals surface area contributed by atoms with E-state index in [2.05, 4.69) is 38.6 Å². The normalized spacial score (nSPS) is 22.2. The molecule has 4 aliphatic heterocycles. The van der Waals surface area contributed by atoms with Crippen LogP contribution in [0.4, 0.5) is 0 Å². The summed E-state index contributed by atoms with van der Waals surface area (Å²) in [6, 6.07) is 6.61. The van der Waals surface area contributed by atoms with Crippen LogP contribution in [-0.4, -0.2) is 74.7 Å². The summed E-state index contributed by atoms with van der Waals surface area (Å²) in [6.45, 7) is 5.55. The number of cyclic esters (lactones) is 1. The van der Waals surface area contributed by atoms with Crippen molar-refractivity contribution in [1.29, 1.82) is 0 Å². The van der Waals surface area contributed by atoms with Gasteiger partial charge >= 0.3 is 5.97 Å². The van der Waals surface area contributed by atoms with Crippen molar-refractivity contribution in [2.45, 2.75) is 45.4 Å².